The number of benzene rings is 1. The summed E-state index contributed by atoms with van der Waals surface area (Å²) in [5.41, 5.74) is 1.71. The maximum atomic E-state index is 10.8. The maximum absolute atomic E-state index is 10.8. The normalized spacial score (nSPS) is 15.8. The first-order valence-electron chi connectivity index (χ1n) is 4.90. The zero-order chi connectivity index (χ0) is 10.8. The van der Waals surface area contributed by atoms with Gasteiger partial charge in [0.05, 0.1) is 11.0 Å². The highest BCUT2D eigenvalue weighted by Crippen LogP contribution is 2.28. The van der Waals surface area contributed by atoms with Crippen molar-refractivity contribution < 1.29 is 4.92 Å². The number of nitrogens with one attached hydrogen (secondary N) is 2. The van der Waals surface area contributed by atoms with E-state index in [0.717, 1.165) is 18.7 Å². The number of hydrogen-bond donors (Lipinski definition) is 2. The molecule has 1 saturated heterocycles. The van der Waals surface area contributed by atoms with Gasteiger partial charge in [-0.05, 0) is 12.5 Å². The standard InChI is InChI=1S/C10H13N3O2/c1-7-3-2-4-9(13(14)15)10(7)12-8-5-11-6-8/h2-4,8,11-12H,5-6H2,1H3. The van der Waals surface area contributed by atoms with E-state index >= 15 is 0 Å². The van der Waals surface area contributed by atoms with Crippen molar-refractivity contribution in [3.8, 4) is 0 Å². The first-order chi connectivity index (χ1) is 7.18. The lowest BCUT2D eigenvalue weighted by Crippen LogP contribution is -2.51. The molecule has 5 nitrogen and oxygen atoms in total. The largest absolute Gasteiger partial charge is 0.374 e. The molecule has 0 amide bonds. The van der Waals surface area contributed by atoms with Crippen LogP contribution < -0.4 is 10.6 Å². The molecule has 0 spiro atoms. The van der Waals surface area contributed by atoms with Gasteiger partial charge in [-0.3, -0.25) is 10.1 Å². The van der Waals surface area contributed by atoms with Gasteiger partial charge < -0.3 is 10.6 Å². The summed E-state index contributed by atoms with van der Waals surface area (Å²) in [6.45, 7) is 3.61. The summed E-state index contributed by atoms with van der Waals surface area (Å²) in [4.78, 5) is 10.5. The van der Waals surface area contributed by atoms with E-state index in [4.69, 9.17) is 0 Å². The van der Waals surface area contributed by atoms with Gasteiger partial charge in [-0.15, -0.1) is 0 Å². The van der Waals surface area contributed by atoms with Crippen molar-refractivity contribution in [2.24, 2.45) is 0 Å². The van der Waals surface area contributed by atoms with Gasteiger partial charge in [0.2, 0.25) is 0 Å². The highest BCUT2D eigenvalue weighted by Gasteiger charge is 2.22. The topological polar surface area (TPSA) is 67.2 Å². The molecular weight excluding hydrogens is 194 g/mol. The van der Waals surface area contributed by atoms with Gasteiger partial charge >= 0.3 is 0 Å². The lowest BCUT2D eigenvalue weighted by molar-refractivity contribution is -0.384. The van der Waals surface area contributed by atoms with Crippen molar-refractivity contribution in [2.75, 3.05) is 18.4 Å². The third kappa shape index (κ3) is 1.92. The molecule has 1 aromatic carbocycles. The molecule has 0 radical (unpaired) electrons. The van der Waals surface area contributed by atoms with E-state index in [1.807, 2.05) is 13.0 Å². The molecule has 0 unspecified atom stereocenters. The molecule has 0 bridgehead atoms. The summed E-state index contributed by atoms with van der Waals surface area (Å²) < 4.78 is 0. The van der Waals surface area contributed by atoms with Gasteiger partial charge in [-0.25, -0.2) is 0 Å². The monoisotopic (exact) mass is 207 g/mol. The van der Waals surface area contributed by atoms with Crippen molar-refractivity contribution in [3.63, 3.8) is 0 Å². The van der Waals surface area contributed by atoms with E-state index in [1.165, 1.54) is 6.07 Å². The Bertz CT molecular complexity index is 388. The van der Waals surface area contributed by atoms with Gasteiger partial charge in [-0.2, -0.15) is 0 Å². The first-order valence-corrected chi connectivity index (χ1v) is 4.90. The average molecular weight is 207 g/mol. The summed E-state index contributed by atoms with van der Waals surface area (Å²) in [5.74, 6) is 0. The number of nitro benzene ring substituents is 1. The summed E-state index contributed by atoms with van der Waals surface area (Å²) in [7, 11) is 0. The number of hydrogen-bond acceptors (Lipinski definition) is 4. The molecule has 2 rings (SSSR count). The van der Waals surface area contributed by atoms with Crippen LogP contribution in [0.4, 0.5) is 11.4 Å². The SMILES string of the molecule is Cc1cccc([N+](=O)[O-])c1NC1CNC1. The first kappa shape index (κ1) is 9.92. The van der Waals surface area contributed by atoms with Crippen LogP contribution in [0.2, 0.25) is 0 Å². The number of anilines is 1. The van der Waals surface area contributed by atoms with Crippen LogP contribution in [0.5, 0.6) is 0 Å². The Morgan fingerprint density at radius 2 is 2.27 bits per heavy atom. The second-order valence-electron chi connectivity index (χ2n) is 3.73. The van der Waals surface area contributed by atoms with E-state index in [1.54, 1.807) is 6.07 Å². The van der Waals surface area contributed by atoms with Crippen molar-refractivity contribution in [2.45, 2.75) is 13.0 Å². The number of nitrogens with zero attached hydrogens (tertiary/aromatic N) is 1. The molecule has 0 aromatic heterocycles. The molecular formula is C10H13N3O2. The van der Waals surface area contributed by atoms with Crippen LogP contribution in [0.3, 0.4) is 0 Å². The van der Waals surface area contributed by atoms with Crippen molar-refractivity contribution in [1.82, 2.24) is 5.32 Å². The summed E-state index contributed by atoms with van der Waals surface area (Å²) in [5, 5.41) is 17.1. The zero-order valence-electron chi connectivity index (χ0n) is 8.49. The smallest absolute Gasteiger partial charge is 0.292 e. The lowest BCUT2D eigenvalue weighted by Gasteiger charge is -2.29. The zero-order valence-corrected chi connectivity index (χ0v) is 8.49. The Kier molecular flexibility index (Phi) is 2.55. The number of para-hydroxylation sites is 1. The van der Waals surface area contributed by atoms with Crippen LogP contribution in [0.15, 0.2) is 18.2 Å². The van der Waals surface area contributed by atoms with Gasteiger partial charge in [-0.1, -0.05) is 12.1 Å². The number of rotatable bonds is 3. The lowest BCUT2D eigenvalue weighted by atomic mass is 10.1. The predicted octanol–water partition coefficient (Wildman–Crippen LogP) is 1.29. The summed E-state index contributed by atoms with van der Waals surface area (Å²) >= 11 is 0. The summed E-state index contributed by atoms with van der Waals surface area (Å²) in [6, 6.07) is 5.42. The fraction of sp³-hybridized carbons (Fsp3) is 0.400. The molecule has 80 valence electrons. The van der Waals surface area contributed by atoms with Crippen LogP contribution in [-0.4, -0.2) is 24.1 Å². The highest BCUT2D eigenvalue weighted by atomic mass is 16.6. The second kappa shape index (κ2) is 3.86. The van der Waals surface area contributed by atoms with Gasteiger partial charge in [0.25, 0.3) is 5.69 Å². The Morgan fingerprint density at radius 3 is 2.80 bits per heavy atom. The third-order valence-electron chi connectivity index (χ3n) is 2.58. The molecule has 1 aromatic rings. The van der Waals surface area contributed by atoms with Gasteiger partial charge in [0.15, 0.2) is 0 Å². The Hall–Kier alpha value is -1.62. The molecule has 5 heteroatoms. The van der Waals surface area contributed by atoms with Crippen LogP contribution in [0, 0.1) is 17.0 Å². The van der Waals surface area contributed by atoms with Gasteiger partial charge in [0.1, 0.15) is 5.69 Å². The molecule has 1 aliphatic rings. The average Bonchev–Trinajstić information content (AvgIpc) is 2.12. The second-order valence-corrected chi connectivity index (χ2v) is 3.73. The Labute approximate surface area is 87.6 Å². The minimum absolute atomic E-state index is 0.155. The van der Waals surface area contributed by atoms with E-state index in [0.29, 0.717) is 11.7 Å². The highest BCUT2D eigenvalue weighted by molar-refractivity contribution is 5.66. The fourth-order valence-electron chi connectivity index (χ4n) is 1.59. The molecule has 1 heterocycles. The van der Waals surface area contributed by atoms with Crippen LogP contribution in [0.1, 0.15) is 5.56 Å². The molecule has 1 fully saturated rings. The van der Waals surface area contributed by atoms with E-state index in [9.17, 15) is 10.1 Å². The van der Waals surface area contributed by atoms with E-state index in [-0.39, 0.29) is 10.6 Å². The van der Waals surface area contributed by atoms with E-state index < -0.39 is 0 Å². The summed E-state index contributed by atoms with van der Waals surface area (Å²) in [6.07, 6.45) is 0. The quantitative estimate of drug-likeness (QED) is 0.579. The van der Waals surface area contributed by atoms with E-state index in [2.05, 4.69) is 10.6 Å². The molecule has 15 heavy (non-hydrogen) atoms. The Balaban J connectivity index is 2.29. The van der Waals surface area contributed by atoms with Gasteiger partial charge in [0, 0.05) is 19.2 Å². The molecule has 0 aliphatic carbocycles. The number of aryl methyl sites for hydroxylation is 1. The van der Waals surface area contributed by atoms with Crippen LogP contribution in [0.25, 0.3) is 0 Å². The predicted molar refractivity (Wildman–Crippen MR) is 58.1 cm³/mol. The van der Waals surface area contributed by atoms with Crippen molar-refractivity contribution in [3.05, 3.63) is 33.9 Å². The molecule has 0 atom stereocenters. The van der Waals surface area contributed by atoms with Crippen LogP contribution in [-0.2, 0) is 0 Å². The minimum atomic E-state index is -0.346. The maximum Gasteiger partial charge on any atom is 0.292 e. The van der Waals surface area contributed by atoms with Crippen molar-refractivity contribution >= 4 is 11.4 Å². The Morgan fingerprint density at radius 1 is 1.53 bits per heavy atom. The molecule has 2 N–H and O–H groups in total. The van der Waals surface area contributed by atoms with Crippen LogP contribution >= 0.6 is 0 Å². The minimum Gasteiger partial charge on any atom is -0.374 e. The third-order valence-corrected chi connectivity index (χ3v) is 2.58. The van der Waals surface area contributed by atoms with Crippen molar-refractivity contribution in [1.29, 1.82) is 0 Å². The molecule has 1 aliphatic heterocycles. The molecule has 0 saturated carbocycles. The fourth-order valence-corrected chi connectivity index (χ4v) is 1.59. The number of nitro groups is 1.